The maximum absolute atomic E-state index is 13.9. The third-order valence-electron chi connectivity index (χ3n) is 3.98. The number of nitrogens with one attached hydrogen (secondary N) is 1. The fraction of sp³-hybridized carbons (Fsp3) is 0.647. The van der Waals surface area contributed by atoms with E-state index >= 15 is 0 Å². The molecule has 0 amide bonds. The topological polar surface area (TPSA) is 24.5 Å². The Labute approximate surface area is 127 Å². The van der Waals surface area contributed by atoms with Crippen LogP contribution < -0.4 is 10.2 Å². The molecule has 0 aromatic heterocycles. The minimum absolute atomic E-state index is 0.144. The number of anilines is 1. The lowest BCUT2D eigenvalue weighted by atomic mass is 9.98. The van der Waals surface area contributed by atoms with Gasteiger partial charge in [0.05, 0.1) is 6.61 Å². The number of hydrogen-bond donors (Lipinski definition) is 1. The van der Waals surface area contributed by atoms with Crippen molar-refractivity contribution in [1.29, 1.82) is 0 Å². The maximum atomic E-state index is 13.9. The van der Waals surface area contributed by atoms with Gasteiger partial charge in [-0.3, -0.25) is 0 Å². The molecule has 1 saturated heterocycles. The van der Waals surface area contributed by atoms with Gasteiger partial charge in [0.15, 0.2) is 0 Å². The average molecular weight is 294 g/mol. The van der Waals surface area contributed by atoms with E-state index < -0.39 is 0 Å². The second-order valence-corrected chi connectivity index (χ2v) is 5.90. The van der Waals surface area contributed by atoms with E-state index in [9.17, 15) is 4.39 Å². The number of hydrogen-bond acceptors (Lipinski definition) is 3. The van der Waals surface area contributed by atoms with Crippen molar-refractivity contribution < 1.29 is 9.13 Å². The summed E-state index contributed by atoms with van der Waals surface area (Å²) in [5, 5.41) is 3.33. The van der Waals surface area contributed by atoms with Crippen molar-refractivity contribution >= 4 is 5.69 Å². The standard InChI is InChI=1S/C17H27FN2O/c1-3-6-19-11-15-8-16(18)10-17(9-15)20-7-4-5-14(12-20)13-21-2/h8-10,14,19H,3-7,11-13H2,1-2H3. The maximum Gasteiger partial charge on any atom is 0.125 e. The number of halogens is 1. The van der Waals surface area contributed by atoms with Crippen LogP contribution in [0.3, 0.4) is 0 Å². The van der Waals surface area contributed by atoms with Crippen molar-refractivity contribution in [2.45, 2.75) is 32.7 Å². The minimum atomic E-state index is -0.144. The highest BCUT2D eigenvalue weighted by Gasteiger charge is 2.20. The molecule has 3 nitrogen and oxygen atoms in total. The van der Waals surface area contributed by atoms with E-state index in [0.717, 1.165) is 56.9 Å². The van der Waals surface area contributed by atoms with Gasteiger partial charge in [-0.25, -0.2) is 4.39 Å². The molecular weight excluding hydrogens is 267 g/mol. The van der Waals surface area contributed by atoms with Crippen molar-refractivity contribution in [3.63, 3.8) is 0 Å². The summed E-state index contributed by atoms with van der Waals surface area (Å²) in [4.78, 5) is 2.29. The molecule has 1 aromatic carbocycles. The minimum Gasteiger partial charge on any atom is -0.384 e. The molecule has 0 saturated carbocycles. The van der Waals surface area contributed by atoms with Gasteiger partial charge in [-0.2, -0.15) is 0 Å². The van der Waals surface area contributed by atoms with E-state index in [4.69, 9.17) is 4.74 Å². The van der Waals surface area contributed by atoms with Crippen LogP contribution >= 0.6 is 0 Å². The summed E-state index contributed by atoms with van der Waals surface area (Å²) < 4.78 is 19.1. The summed E-state index contributed by atoms with van der Waals surface area (Å²) in [5.41, 5.74) is 2.02. The fourth-order valence-electron chi connectivity index (χ4n) is 3.00. The number of nitrogens with zero attached hydrogens (tertiary/aromatic N) is 1. The SMILES string of the molecule is CCCNCc1cc(F)cc(N2CCCC(COC)C2)c1. The first-order valence-electron chi connectivity index (χ1n) is 7.97. The van der Waals surface area contributed by atoms with Gasteiger partial charge in [0.1, 0.15) is 5.82 Å². The van der Waals surface area contributed by atoms with Gasteiger partial charge in [0.25, 0.3) is 0 Å². The first-order chi connectivity index (χ1) is 10.2. The summed E-state index contributed by atoms with van der Waals surface area (Å²) in [6, 6.07) is 5.39. The van der Waals surface area contributed by atoms with Crippen LogP contribution in [0, 0.1) is 11.7 Å². The molecule has 4 heteroatoms. The molecule has 1 fully saturated rings. The van der Waals surface area contributed by atoms with Gasteiger partial charge in [-0.1, -0.05) is 6.92 Å². The molecule has 1 aliphatic heterocycles. The van der Waals surface area contributed by atoms with Gasteiger partial charge in [-0.15, -0.1) is 0 Å². The monoisotopic (exact) mass is 294 g/mol. The van der Waals surface area contributed by atoms with Crippen molar-refractivity contribution in [2.75, 3.05) is 38.3 Å². The Morgan fingerprint density at radius 2 is 2.24 bits per heavy atom. The van der Waals surface area contributed by atoms with Crippen molar-refractivity contribution in [1.82, 2.24) is 5.32 Å². The number of piperidine rings is 1. The van der Waals surface area contributed by atoms with Crippen LogP contribution in [0.5, 0.6) is 0 Å². The Kier molecular flexibility index (Phi) is 6.46. The second kappa shape index (κ2) is 8.35. The fourth-order valence-corrected chi connectivity index (χ4v) is 3.00. The Hall–Kier alpha value is -1.13. The largest absolute Gasteiger partial charge is 0.384 e. The third-order valence-corrected chi connectivity index (χ3v) is 3.98. The molecule has 0 radical (unpaired) electrons. The van der Waals surface area contributed by atoms with Crippen LogP contribution in [0.4, 0.5) is 10.1 Å². The normalized spacial score (nSPS) is 19.0. The van der Waals surface area contributed by atoms with Crippen LogP contribution in [0.2, 0.25) is 0 Å². The number of rotatable bonds is 7. The zero-order valence-corrected chi connectivity index (χ0v) is 13.2. The molecule has 1 atom stereocenters. The van der Waals surface area contributed by atoms with Crippen LogP contribution in [0.1, 0.15) is 31.7 Å². The van der Waals surface area contributed by atoms with E-state index in [2.05, 4.69) is 23.2 Å². The molecular formula is C17H27FN2O. The van der Waals surface area contributed by atoms with Crippen LogP contribution in [0.15, 0.2) is 18.2 Å². The quantitative estimate of drug-likeness (QED) is 0.782. The van der Waals surface area contributed by atoms with E-state index in [1.807, 2.05) is 0 Å². The summed E-state index contributed by atoms with van der Waals surface area (Å²) in [6.07, 6.45) is 3.44. The lowest BCUT2D eigenvalue weighted by Crippen LogP contribution is -2.37. The molecule has 21 heavy (non-hydrogen) atoms. The summed E-state index contributed by atoms with van der Waals surface area (Å²) in [6.45, 7) is 6.58. The predicted octanol–water partition coefficient (Wildman–Crippen LogP) is 3.19. The number of methoxy groups -OCH3 is 1. The molecule has 0 spiro atoms. The van der Waals surface area contributed by atoms with Crippen molar-refractivity contribution in [3.05, 3.63) is 29.6 Å². The van der Waals surface area contributed by atoms with Gasteiger partial charge >= 0.3 is 0 Å². The Balaban J connectivity index is 2.04. The van der Waals surface area contributed by atoms with Gasteiger partial charge in [0.2, 0.25) is 0 Å². The molecule has 1 aliphatic rings. The predicted molar refractivity (Wildman–Crippen MR) is 85.2 cm³/mol. The molecule has 1 unspecified atom stereocenters. The summed E-state index contributed by atoms with van der Waals surface area (Å²) in [7, 11) is 1.75. The van der Waals surface area contributed by atoms with Crippen LogP contribution in [-0.4, -0.2) is 33.4 Å². The average Bonchev–Trinajstić information content (AvgIpc) is 2.48. The highest BCUT2D eigenvalue weighted by Crippen LogP contribution is 2.25. The Morgan fingerprint density at radius 1 is 1.38 bits per heavy atom. The first kappa shape index (κ1) is 16.2. The van der Waals surface area contributed by atoms with E-state index in [0.29, 0.717) is 5.92 Å². The molecule has 1 N–H and O–H groups in total. The smallest absolute Gasteiger partial charge is 0.125 e. The first-order valence-corrected chi connectivity index (χ1v) is 7.97. The zero-order valence-electron chi connectivity index (χ0n) is 13.2. The summed E-state index contributed by atoms with van der Waals surface area (Å²) >= 11 is 0. The van der Waals surface area contributed by atoms with Crippen LogP contribution in [0.25, 0.3) is 0 Å². The van der Waals surface area contributed by atoms with E-state index in [-0.39, 0.29) is 5.82 Å². The summed E-state index contributed by atoms with van der Waals surface area (Å²) in [5.74, 6) is 0.406. The van der Waals surface area contributed by atoms with Gasteiger partial charge in [-0.05, 0) is 55.5 Å². The molecule has 2 rings (SSSR count). The highest BCUT2D eigenvalue weighted by atomic mass is 19.1. The lowest BCUT2D eigenvalue weighted by molar-refractivity contribution is 0.143. The second-order valence-electron chi connectivity index (χ2n) is 5.90. The third kappa shape index (κ3) is 4.97. The molecule has 1 heterocycles. The molecule has 1 aromatic rings. The zero-order chi connectivity index (χ0) is 15.1. The molecule has 0 aliphatic carbocycles. The Morgan fingerprint density at radius 3 is 3.00 bits per heavy atom. The highest BCUT2D eigenvalue weighted by molar-refractivity contribution is 5.49. The Bertz CT molecular complexity index is 437. The van der Waals surface area contributed by atoms with E-state index in [1.54, 1.807) is 19.2 Å². The van der Waals surface area contributed by atoms with Gasteiger partial charge < -0.3 is 15.0 Å². The van der Waals surface area contributed by atoms with Crippen molar-refractivity contribution in [2.24, 2.45) is 5.92 Å². The number of benzene rings is 1. The molecule has 0 bridgehead atoms. The lowest BCUT2D eigenvalue weighted by Gasteiger charge is -2.34. The molecule has 118 valence electrons. The van der Waals surface area contributed by atoms with Gasteiger partial charge in [0, 0.05) is 32.4 Å². The number of ether oxygens (including phenoxy) is 1. The van der Waals surface area contributed by atoms with Crippen molar-refractivity contribution in [3.8, 4) is 0 Å². The van der Waals surface area contributed by atoms with E-state index in [1.165, 1.54) is 6.42 Å². The van der Waals surface area contributed by atoms with Crippen LogP contribution in [-0.2, 0) is 11.3 Å².